The third kappa shape index (κ3) is 3.42. The molecule has 0 bridgehead atoms. The number of para-hydroxylation sites is 1. The van der Waals surface area contributed by atoms with Crippen LogP contribution in [0.3, 0.4) is 0 Å². The van der Waals surface area contributed by atoms with Crippen molar-refractivity contribution in [2.45, 2.75) is 19.4 Å². The van der Waals surface area contributed by atoms with Gasteiger partial charge in [0.15, 0.2) is 0 Å². The second-order valence-electron chi connectivity index (χ2n) is 4.58. The zero-order valence-corrected chi connectivity index (χ0v) is 12.0. The fraction of sp³-hybridized carbons (Fsp3) is 0.429. The Morgan fingerprint density at radius 2 is 2.25 bits per heavy atom. The zero-order valence-electron chi connectivity index (χ0n) is 11.3. The highest BCUT2D eigenvalue weighted by Gasteiger charge is 2.28. The monoisotopic (exact) mass is 296 g/mol. The van der Waals surface area contributed by atoms with Gasteiger partial charge in [0.2, 0.25) is 11.8 Å². The van der Waals surface area contributed by atoms with Crippen molar-refractivity contribution in [1.29, 1.82) is 0 Å². The number of carbonyl (C=O) groups excluding carboxylic acids is 2. The molecule has 2 amide bonds. The van der Waals surface area contributed by atoms with E-state index >= 15 is 0 Å². The number of halogens is 1. The normalized spacial score (nSPS) is 18.6. The van der Waals surface area contributed by atoms with Gasteiger partial charge in [-0.3, -0.25) is 9.59 Å². The molecule has 2 rings (SSSR count). The van der Waals surface area contributed by atoms with E-state index in [9.17, 15) is 9.59 Å². The van der Waals surface area contributed by atoms with E-state index in [4.69, 9.17) is 16.3 Å². The molecule has 0 saturated carbocycles. The van der Waals surface area contributed by atoms with E-state index < -0.39 is 6.04 Å². The molecule has 1 N–H and O–H groups in total. The third-order valence-corrected chi connectivity index (χ3v) is 3.54. The molecule has 1 saturated heterocycles. The first-order valence-electron chi connectivity index (χ1n) is 6.54. The minimum Gasteiger partial charge on any atom is -0.491 e. The second-order valence-corrected chi connectivity index (χ2v) is 4.99. The standard InChI is InChI=1S/C14H17ClN2O3/c1-10-14(19)16-7-8-17(10)13(18)6-9-20-12-5-3-2-4-11(12)15/h2-5,10H,6-9H2,1H3,(H,16,19). The van der Waals surface area contributed by atoms with Gasteiger partial charge in [-0.25, -0.2) is 0 Å². The molecule has 6 heteroatoms. The maximum Gasteiger partial charge on any atom is 0.242 e. The van der Waals surface area contributed by atoms with Crippen molar-refractivity contribution in [3.8, 4) is 5.75 Å². The van der Waals surface area contributed by atoms with Crippen molar-refractivity contribution in [2.75, 3.05) is 19.7 Å². The Balaban J connectivity index is 1.83. The van der Waals surface area contributed by atoms with Gasteiger partial charge < -0.3 is 15.0 Å². The van der Waals surface area contributed by atoms with Gasteiger partial charge in [-0.05, 0) is 19.1 Å². The predicted molar refractivity (Wildman–Crippen MR) is 75.7 cm³/mol. The third-order valence-electron chi connectivity index (χ3n) is 3.23. The molecule has 1 aromatic rings. The quantitative estimate of drug-likeness (QED) is 0.915. The summed E-state index contributed by atoms with van der Waals surface area (Å²) in [7, 11) is 0. The van der Waals surface area contributed by atoms with Crippen molar-refractivity contribution in [3.05, 3.63) is 29.3 Å². The summed E-state index contributed by atoms with van der Waals surface area (Å²) >= 11 is 5.96. The molecule has 1 fully saturated rings. The van der Waals surface area contributed by atoms with Crippen LogP contribution in [0.5, 0.6) is 5.75 Å². The van der Waals surface area contributed by atoms with E-state index in [1.54, 1.807) is 24.0 Å². The van der Waals surface area contributed by atoms with Crippen LogP contribution in [-0.4, -0.2) is 42.5 Å². The van der Waals surface area contributed by atoms with E-state index in [1.165, 1.54) is 0 Å². The molecule has 1 unspecified atom stereocenters. The number of hydrogen-bond acceptors (Lipinski definition) is 3. The fourth-order valence-corrected chi connectivity index (χ4v) is 2.27. The van der Waals surface area contributed by atoms with Crippen LogP contribution < -0.4 is 10.1 Å². The fourth-order valence-electron chi connectivity index (χ4n) is 2.08. The number of ether oxygens (including phenoxy) is 1. The summed E-state index contributed by atoms with van der Waals surface area (Å²) in [5, 5.41) is 3.24. The van der Waals surface area contributed by atoms with E-state index in [1.807, 2.05) is 12.1 Å². The number of hydrogen-bond donors (Lipinski definition) is 1. The summed E-state index contributed by atoms with van der Waals surface area (Å²) in [6.45, 7) is 3.01. The molecule has 1 atom stereocenters. The highest BCUT2D eigenvalue weighted by atomic mass is 35.5. The van der Waals surface area contributed by atoms with Gasteiger partial charge in [0, 0.05) is 13.1 Å². The lowest BCUT2D eigenvalue weighted by Crippen LogP contribution is -2.56. The predicted octanol–water partition coefficient (Wildman–Crippen LogP) is 1.46. The molecular weight excluding hydrogens is 280 g/mol. The Labute approximate surface area is 122 Å². The first-order valence-corrected chi connectivity index (χ1v) is 6.92. The molecule has 5 nitrogen and oxygen atoms in total. The van der Waals surface area contributed by atoms with Crippen LogP contribution in [-0.2, 0) is 9.59 Å². The average molecular weight is 297 g/mol. The highest BCUT2D eigenvalue weighted by molar-refractivity contribution is 6.32. The highest BCUT2D eigenvalue weighted by Crippen LogP contribution is 2.23. The van der Waals surface area contributed by atoms with Gasteiger partial charge in [0.1, 0.15) is 11.8 Å². The van der Waals surface area contributed by atoms with E-state index in [0.717, 1.165) is 0 Å². The molecule has 1 heterocycles. The van der Waals surface area contributed by atoms with Gasteiger partial charge in [-0.1, -0.05) is 23.7 Å². The van der Waals surface area contributed by atoms with Crippen LogP contribution in [0, 0.1) is 0 Å². The molecule has 0 spiro atoms. The average Bonchev–Trinajstić information content (AvgIpc) is 2.44. The molecule has 1 aromatic carbocycles. The summed E-state index contributed by atoms with van der Waals surface area (Å²) in [6, 6.07) is 6.70. The van der Waals surface area contributed by atoms with E-state index in [2.05, 4.69) is 5.32 Å². The number of benzene rings is 1. The SMILES string of the molecule is CC1C(=O)NCCN1C(=O)CCOc1ccccc1Cl. The van der Waals surface area contributed by atoms with Gasteiger partial charge in [-0.15, -0.1) is 0 Å². The molecule has 0 aliphatic carbocycles. The van der Waals surface area contributed by atoms with Gasteiger partial charge in [-0.2, -0.15) is 0 Å². The van der Waals surface area contributed by atoms with Crippen molar-refractivity contribution in [2.24, 2.45) is 0 Å². The Morgan fingerprint density at radius 1 is 1.50 bits per heavy atom. The number of nitrogens with zero attached hydrogens (tertiary/aromatic N) is 1. The van der Waals surface area contributed by atoms with Crippen molar-refractivity contribution in [1.82, 2.24) is 10.2 Å². The first-order chi connectivity index (χ1) is 9.59. The van der Waals surface area contributed by atoms with Crippen molar-refractivity contribution in [3.63, 3.8) is 0 Å². The van der Waals surface area contributed by atoms with Crippen LogP contribution in [0.2, 0.25) is 5.02 Å². The first kappa shape index (κ1) is 14.7. The Hall–Kier alpha value is -1.75. The second kappa shape index (κ2) is 6.61. The topological polar surface area (TPSA) is 58.6 Å². The molecule has 108 valence electrons. The lowest BCUT2D eigenvalue weighted by atomic mass is 10.2. The number of nitrogens with one attached hydrogen (secondary N) is 1. The number of rotatable bonds is 4. The lowest BCUT2D eigenvalue weighted by Gasteiger charge is -2.32. The molecule has 20 heavy (non-hydrogen) atoms. The van der Waals surface area contributed by atoms with Crippen molar-refractivity contribution < 1.29 is 14.3 Å². The smallest absolute Gasteiger partial charge is 0.242 e. The van der Waals surface area contributed by atoms with Crippen LogP contribution in [0.25, 0.3) is 0 Å². The number of carbonyl (C=O) groups is 2. The van der Waals surface area contributed by atoms with Gasteiger partial charge in [0.25, 0.3) is 0 Å². The van der Waals surface area contributed by atoms with Gasteiger partial charge >= 0.3 is 0 Å². The van der Waals surface area contributed by atoms with E-state index in [0.29, 0.717) is 23.9 Å². The molecule has 0 aromatic heterocycles. The summed E-state index contributed by atoms with van der Waals surface area (Å²) in [6.07, 6.45) is 0.225. The van der Waals surface area contributed by atoms with Crippen LogP contribution in [0.1, 0.15) is 13.3 Å². The molecular formula is C14H17ClN2O3. The molecule has 1 aliphatic rings. The van der Waals surface area contributed by atoms with Crippen LogP contribution in [0.4, 0.5) is 0 Å². The Bertz CT molecular complexity index is 507. The minimum absolute atomic E-state index is 0.0839. The largest absolute Gasteiger partial charge is 0.491 e. The Kier molecular flexibility index (Phi) is 4.84. The van der Waals surface area contributed by atoms with E-state index in [-0.39, 0.29) is 24.8 Å². The maximum absolute atomic E-state index is 12.1. The maximum atomic E-state index is 12.1. The summed E-state index contributed by atoms with van der Waals surface area (Å²) in [5.41, 5.74) is 0. The summed E-state index contributed by atoms with van der Waals surface area (Å²) in [4.78, 5) is 25.1. The zero-order chi connectivity index (χ0) is 14.5. The summed E-state index contributed by atoms with van der Waals surface area (Å²) < 4.78 is 5.48. The van der Waals surface area contributed by atoms with Crippen LogP contribution in [0.15, 0.2) is 24.3 Å². The number of piperazine rings is 1. The molecule has 0 radical (unpaired) electrons. The van der Waals surface area contributed by atoms with Gasteiger partial charge in [0.05, 0.1) is 18.1 Å². The minimum atomic E-state index is -0.420. The summed E-state index contributed by atoms with van der Waals surface area (Å²) in [5.74, 6) is 0.363. The van der Waals surface area contributed by atoms with Crippen molar-refractivity contribution >= 4 is 23.4 Å². The number of amides is 2. The Morgan fingerprint density at radius 3 is 3.00 bits per heavy atom. The lowest BCUT2D eigenvalue weighted by molar-refractivity contribution is -0.142. The van der Waals surface area contributed by atoms with Crippen LogP contribution >= 0.6 is 11.6 Å². The molecule has 1 aliphatic heterocycles.